The fourth-order valence-electron chi connectivity index (χ4n) is 3.11. The van der Waals surface area contributed by atoms with E-state index in [2.05, 4.69) is 10.2 Å². The molecule has 0 saturated heterocycles. The normalized spacial score (nSPS) is 13.7. The maximum atomic E-state index is 12.8. The fraction of sp³-hybridized carbons (Fsp3) is 0.400. The predicted octanol–water partition coefficient (Wildman–Crippen LogP) is 3.56. The molecule has 144 valence electrons. The number of thiophene rings is 1. The second-order valence-corrected chi connectivity index (χ2v) is 7.44. The van der Waals surface area contributed by atoms with Crippen LogP contribution in [-0.2, 0) is 17.7 Å². The summed E-state index contributed by atoms with van der Waals surface area (Å²) in [6.45, 7) is 6.14. The lowest BCUT2D eigenvalue weighted by Gasteiger charge is -2.22. The zero-order valence-corrected chi connectivity index (χ0v) is 16.6. The number of benzene rings is 1. The van der Waals surface area contributed by atoms with Crippen LogP contribution in [0.25, 0.3) is 0 Å². The Morgan fingerprint density at radius 3 is 2.81 bits per heavy atom. The van der Waals surface area contributed by atoms with Gasteiger partial charge in [-0.05, 0) is 51.1 Å². The van der Waals surface area contributed by atoms with E-state index in [1.165, 1.54) is 11.3 Å². The van der Waals surface area contributed by atoms with Gasteiger partial charge in [-0.2, -0.15) is 0 Å². The van der Waals surface area contributed by atoms with Crippen molar-refractivity contribution in [3.05, 3.63) is 45.8 Å². The third-order valence-corrected chi connectivity index (χ3v) is 5.49. The molecule has 1 N–H and O–H groups in total. The number of nitrogens with zero attached hydrogens (tertiary/aromatic N) is 1. The van der Waals surface area contributed by atoms with Gasteiger partial charge in [0.25, 0.3) is 5.91 Å². The SMILES string of the molecule is CCOC(=O)c1c(NC(=O)c2cccc(OCC)c2)sc2c1CCN(C)C2. The van der Waals surface area contributed by atoms with Gasteiger partial charge in [-0.1, -0.05) is 6.07 Å². The molecular formula is C20H24N2O4S. The minimum absolute atomic E-state index is 0.269. The van der Waals surface area contributed by atoms with Crippen LogP contribution >= 0.6 is 11.3 Å². The predicted molar refractivity (Wildman–Crippen MR) is 106 cm³/mol. The zero-order chi connectivity index (χ0) is 19.4. The summed E-state index contributed by atoms with van der Waals surface area (Å²) < 4.78 is 10.7. The molecule has 0 aliphatic carbocycles. The van der Waals surface area contributed by atoms with Crippen LogP contribution in [0.15, 0.2) is 24.3 Å². The van der Waals surface area contributed by atoms with Crippen LogP contribution in [0.5, 0.6) is 5.75 Å². The highest BCUT2D eigenvalue weighted by Gasteiger charge is 2.28. The van der Waals surface area contributed by atoms with Gasteiger partial charge in [0.1, 0.15) is 10.8 Å². The van der Waals surface area contributed by atoms with Crippen molar-refractivity contribution in [1.29, 1.82) is 0 Å². The second-order valence-electron chi connectivity index (χ2n) is 6.33. The first-order valence-corrected chi connectivity index (χ1v) is 9.89. The van der Waals surface area contributed by atoms with Crippen molar-refractivity contribution >= 4 is 28.2 Å². The van der Waals surface area contributed by atoms with Crippen molar-refractivity contribution in [2.24, 2.45) is 0 Å². The van der Waals surface area contributed by atoms with Gasteiger partial charge in [-0.25, -0.2) is 4.79 Å². The number of anilines is 1. The lowest BCUT2D eigenvalue weighted by molar-refractivity contribution is 0.0526. The van der Waals surface area contributed by atoms with Crippen molar-refractivity contribution in [2.45, 2.75) is 26.8 Å². The van der Waals surface area contributed by atoms with Gasteiger partial charge in [0, 0.05) is 23.5 Å². The second kappa shape index (κ2) is 8.54. The van der Waals surface area contributed by atoms with Crippen LogP contribution in [-0.4, -0.2) is 43.6 Å². The molecule has 1 aliphatic heterocycles. The average Bonchev–Trinajstić information content (AvgIpc) is 2.99. The molecule has 2 heterocycles. The minimum atomic E-state index is -0.377. The van der Waals surface area contributed by atoms with E-state index >= 15 is 0 Å². The molecule has 3 rings (SSSR count). The Morgan fingerprint density at radius 2 is 2.07 bits per heavy atom. The summed E-state index contributed by atoms with van der Waals surface area (Å²) in [7, 11) is 2.05. The molecule has 0 atom stereocenters. The Labute approximate surface area is 163 Å². The summed E-state index contributed by atoms with van der Waals surface area (Å²) in [5.74, 6) is -0.00478. The Morgan fingerprint density at radius 1 is 1.26 bits per heavy atom. The van der Waals surface area contributed by atoms with E-state index < -0.39 is 0 Å². The number of carbonyl (C=O) groups is 2. The van der Waals surface area contributed by atoms with Gasteiger partial charge < -0.3 is 19.7 Å². The maximum absolute atomic E-state index is 12.8. The monoisotopic (exact) mass is 388 g/mol. The number of esters is 1. The first-order valence-electron chi connectivity index (χ1n) is 9.07. The van der Waals surface area contributed by atoms with Gasteiger partial charge in [-0.3, -0.25) is 4.79 Å². The number of likely N-dealkylation sites (N-methyl/N-ethyl adjacent to an activating group) is 1. The summed E-state index contributed by atoms with van der Waals surface area (Å²) >= 11 is 1.45. The molecule has 27 heavy (non-hydrogen) atoms. The third-order valence-electron chi connectivity index (χ3n) is 4.36. The minimum Gasteiger partial charge on any atom is -0.494 e. The molecule has 0 fully saturated rings. The van der Waals surface area contributed by atoms with E-state index in [1.807, 2.05) is 20.0 Å². The van der Waals surface area contributed by atoms with Crippen LogP contribution < -0.4 is 10.1 Å². The number of carbonyl (C=O) groups excluding carboxylic acids is 2. The number of amides is 1. The van der Waals surface area contributed by atoms with Crippen LogP contribution in [0, 0.1) is 0 Å². The van der Waals surface area contributed by atoms with Gasteiger partial charge in [-0.15, -0.1) is 11.3 Å². The largest absolute Gasteiger partial charge is 0.494 e. The maximum Gasteiger partial charge on any atom is 0.341 e. The lowest BCUT2D eigenvalue weighted by atomic mass is 10.0. The topological polar surface area (TPSA) is 67.9 Å². The highest BCUT2D eigenvalue weighted by atomic mass is 32.1. The smallest absolute Gasteiger partial charge is 0.341 e. The van der Waals surface area contributed by atoms with Gasteiger partial charge in [0.2, 0.25) is 0 Å². The molecule has 1 amide bonds. The van der Waals surface area contributed by atoms with Crippen molar-refractivity contribution in [2.75, 3.05) is 32.1 Å². The Hall–Kier alpha value is -2.38. The van der Waals surface area contributed by atoms with Crippen molar-refractivity contribution in [3.63, 3.8) is 0 Å². The van der Waals surface area contributed by atoms with E-state index in [0.717, 1.165) is 30.0 Å². The number of fused-ring (bicyclic) bond motifs is 1. The van der Waals surface area contributed by atoms with Crippen LogP contribution in [0.4, 0.5) is 5.00 Å². The molecule has 1 aliphatic rings. The quantitative estimate of drug-likeness (QED) is 0.767. The van der Waals surface area contributed by atoms with Gasteiger partial charge in [0.05, 0.1) is 18.8 Å². The summed E-state index contributed by atoms with van der Waals surface area (Å²) in [5.41, 5.74) is 1.98. The Kier molecular flexibility index (Phi) is 6.13. The molecule has 2 aromatic rings. The highest BCUT2D eigenvalue weighted by Crippen LogP contribution is 2.37. The zero-order valence-electron chi connectivity index (χ0n) is 15.8. The number of hydrogen-bond acceptors (Lipinski definition) is 6. The van der Waals surface area contributed by atoms with E-state index in [9.17, 15) is 9.59 Å². The Bertz CT molecular complexity index is 847. The van der Waals surface area contributed by atoms with Crippen molar-refractivity contribution in [1.82, 2.24) is 4.90 Å². The van der Waals surface area contributed by atoms with E-state index in [-0.39, 0.29) is 11.9 Å². The van der Waals surface area contributed by atoms with Crippen LogP contribution in [0.2, 0.25) is 0 Å². The van der Waals surface area contributed by atoms with Crippen LogP contribution in [0.1, 0.15) is 45.0 Å². The molecular weight excluding hydrogens is 364 g/mol. The van der Waals surface area contributed by atoms with Crippen LogP contribution in [0.3, 0.4) is 0 Å². The molecule has 0 bridgehead atoms. The highest BCUT2D eigenvalue weighted by molar-refractivity contribution is 7.17. The van der Waals surface area contributed by atoms with E-state index in [4.69, 9.17) is 9.47 Å². The lowest BCUT2D eigenvalue weighted by Crippen LogP contribution is -2.26. The van der Waals surface area contributed by atoms with Gasteiger partial charge in [0.15, 0.2) is 0 Å². The summed E-state index contributed by atoms with van der Waals surface area (Å²) in [6.07, 6.45) is 0.770. The molecule has 0 saturated carbocycles. The molecule has 1 aromatic heterocycles. The molecule has 1 aromatic carbocycles. The molecule has 0 spiro atoms. The molecule has 0 unspecified atom stereocenters. The standard InChI is InChI=1S/C20H24N2O4S/c1-4-25-14-8-6-7-13(11-14)18(23)21-19-17(20(24)26-5-2)15-9-10-22(3)12-16(15)27-19/h6-8,11H,4-5,9-10,12H2,1-3H3,(H,21,23). The third kappa shape index (κ3) is 4.31. The first kappa shape index (κ1) is 19.4. The molecule has 0 radical (unpaired) electrons. The van der Waals surface area contributed by atoms with Crippen molar-refractivity contribution < 1.29 is 19.1 Å². The summed E-state index contributed by atoms with van der Waals surface area (Å²) in [6, 6.07) is 7.01. The van der Waals surface area contributed by atoms with E-state index in [1.54, 1.807) is 25.1 Å². The Balaban J connectivity index is 1.90. The van der Waals surface area contributed by atoms with Gasteiger partial charge >= 0.3 is 5.97 Å². The summed E-state index contributed by atoms with van der Waals surface area (Å²) in [4.78, 5) is 28.6. The summed E-state index contributed by atoms with van der Waals surface area (Å²) in [5, 5.41) is 3.47. The molecule has 7 heteroatoms. The first-order chi connectivity index (χ1) is 13.0. The number of rotatable bonds is 6. The molecule has 6 nitrogen and oxygen atoms in total. The number of hydrogen-bond donors (Lipinski definition) is 1. The number of nitrogens with one attached hydrogen (secondary N) is 1. The average molecular weight is 388 g/mol. The van der Waals surface area contributed by atoms with E-state index in [0.29, 0.717) is 35.1 Å². The number of ether oxygens (including phenoxy) is 2. The van der Waals surface area contributed by atoms with Crippen molar-refractivity contribution in [3.8, 4) is 5.75 Å². The fourth-order valence-corrected chi connectivity index (χ4v) is 4.42.